The maximum atomic E-state index is 13.4. The Morgan fingerprint density at radius 2 is 1.75 bits per heavy atom. The van der Waals surface area contributed by atoms with E-state index in [-0.39, 0.29) is 36.0 Å². The van der Waals surface area contributed by atoms with E-state index in [1.54, 1.807) is 34.3 Å². The van der Waals surface area contributed by atoms with E-state index in [2.05, 4.69) is 20.8 Å². The highest BCUT2D eigenvalue weighted by Crippen LogP contribution is 2.18. The molecule has 5 nitrogen and oxygen atoms in total. The van der Waals surface area contributed by atoms with Gasteiger partial charge in [-0.05, 0) is 48.6 Å². The molecule has 1 aromatic heterocycles. The van der Waals surface area contributed by atoms with Crippen LogP contribution in [0.1, 0.15) is 64.7 Å². The van der Waals surface area contributed by atoms with Crippen molar-refractivity contribution >= 4 is 11.8 Å². The number of halogens is 1. The summed E-state index contributed by atoms with van der Waals surface area (Å²) in [6, 6.07) is 9.72. The Labute approximate surface area is 191 Å². The molecule has 0 fully saturated rings. The van der Waals surface area contributed by atoms with Gasteiger partial charge >= 0.3 is 0 Å². The molecule has 0 saturated heterocycles. The first kappa shape index (κ1) is 25.6. The number of nitrogens with zero attached hydrogens (tertiary/aromatic N) is 2. The largest absolute Gasteiger partial charge is 0.467 e. The Bertz CT molecular complexity index is 818. The molecule has 2 rings (SSSR count). The molecule has 1 heterocycles. The number of carbonyl (C=O) groups excluding carboxylic acids is 2. The molecule has 0 aliphatic heterocycles. The van der Waals surface area contributed by atoms with E-state index in [1.807, 2.05) is 13.0 Å². The van der Waals surface area contributed by atoms with E-state index in [0.29, 0.717) is 25.4 Å². The summed E-state index contributed by atoms with van der Waals surface area (Å²) >= 11 is 0. The first-order chi connectivity index (χ1) is 15.3. The number of benzene rings is 1. The lowest BCUT2D eigenvalue weighted by Gasteiger charge is -2.31. The fourth-order valence-corrected chi connectivity index (χ4v) is 3.78. The van der Waals surface area contributed by atoms with Crippen molar-refractivity contribution in [1.29, 1.82) is 0 Å². The molecule has 1 atom stereocenters. The van der Waals surface area contributed by atoms with Crippen LogP contribution in [0.5, 0.6) is 0 Å². The number of amides is 2. The summed E-state index contributed by atoms with van der Waals surface area (Å²) in [6.45, 7) is 9.43. The number of rotatable bonds is 13. The average Bonchev–Trinajstić information content (AvgIpc) is 3.27. The van der Waals surface area contributed by atoms with Gasteiger partial charge in [0.05, 0.1) is 19.4 Å². The van der Waals surface area contributed by atoms with Gasteiger partial charge in [-0.3, -0.25) is 9.59 Å². The van der Waals surface area contributed by atoms with Crippen LogP contribution in [-0.2, 0) is 22.7 Å². The van der Waals surface area contributed by atoms with Gasteiger partial charge in [0.25, 0.3) is 0 Å². The molecule has 32 heavy (non-hydrogen) atoms. The van der Waals surface area contributed by atoms with Gasteiger partial charge in [-0.25, -0.2) is 4.39 Å². The van der Waals surface area contributed by atoms with Crippen molar-refractivity contribution in [2.45, 2.75) is 66.5 Å². The average molecular weight is 445 g/mol. The third-order valence-corrected chi connectivity index (χ3v) is 5.54. The lowest BCUT2D eigenvalue weighted by molar-refractivity contribution is -0.144. The highest BCUT2D eigenvalue weighted by Gasteiger charge is 2.27. The molecule has 2 aromatic rings. The summed E-state index contributed by atoms with van der Waals surface area (Å²) in [7, 11) is 0. The number of hydrogen-bond acceptors (Lipinski definition) is 3. The van der Waals surface area contributed by atoms with Gasteiger partial charge in [0.2, 0.25) is 11.8 Å². The summed E-state index contributed by atoms with van der Waals surface area (Å²) in [5.74, 6) is 0.455. The molecule has 0 aliphatic carbocycles. The van der Waals surface area contributed by atoms with Gasteiger partial charge < -0.3 is 14.2 Å². The third kappa shape index (κ3) is 8.13. The Hall–Kier alpha value is -2.63. The first-order valence-corrected chi connectivity index (χ1v) is 11.7. The standard InChI is InChI=1S/C26H37FN2O3/c1-5-7-9-22(6-2)26(31)29(16-20(3)4)19-25(30)28(18-24-10-8-15-32-24)17-21-11-13-23(27)14-12-21/h8,10-15,20,22H,5-7,9,16-19H2,1-4H3. The van der Waals surface area contributed by atoms with Gasteiger partial charge in [0.1, 0.15) is 11.6 Å². The Balaban J connectivity index is 2.19. The van der Waals surface area contributed by atoms with Gasteiger partial charge in [0, 0.05) is 19.0 Å². The van der Waals surface area contributed by atoms with E-state index in [0.717, 1.165) is 31.2 Å². The molecule has 0 radical (unpaired) electrons. The van der Waals surface area contributed by atoms with E-state index in [9.17, 15) is 14.0 Å². The van der Waals surface area contributed by atoms with Gasteiger partial charge in [0.15, 0.2) is 0 Å². The zero-order valence-electron chi connectivity index (χ0n) is 19.9. The number of carbonyl (C=O) groups is 2. The van der Waals surface area contributed by atoms with Crippen molar-refractivity contribution < 1.29 is 18.4 Å². The van der Waals surface area contributed by atoms with Crippen LogP contribution >= 0.6 is 0 Å². The van der Waals surface area contributed by atoms with Crippen LogP contribution in [0.3, 0.4) is 0 Å². The quantitative estimate of drug-likeness (QED) is 0.401. The summed E-state index contributed by atoms with van der Waals surface area (Å²) in [5.41, 5.74) is 0.822. The predicted molar refractivity (Wildman–Crippen MR) is 124 cm³/mol. The first-order valence-electron chi connectivity index (χ1n) is 11.7. The van der Waals surface area contributed by atoms with Crippen molar-refractivity contribution in [3.63, 3.8) is 0 Å². The second-order valence-electron chi connectivity index (χ2n) is 8.82. The van der Waals surface area contributed by atoms with Crippen LogP contribution in [0.15, 0.2) is 47.1 Å². The Morgan fingerprint density at radius 3 is 2.31 bits per heavy atom. The Kier molecular flexibility index (Phi) is 10.4. The smallest absolute Gasteiger partial charge is 0.242 e. The summed E-state index contributed by atoms with van der Waals surface area (Å²) in [5, 5.41) is 0. The molecule has 1 aromatic carbocycles. The third-order valence-electron chi connectivity index (χ3n) is 5.54. The van der Waals surface area contributed by atoms with Crippen LogP contribution in [-0.4, -0.2) is 34.7 Å². The lowest BCUT2D eigenvalue weighted by atomic mass is 9.97. The number of unbranched alkanes of at least 4 members (excludes halogenated alkanes) is 1. The zero-order valence-corrected chi connectivity index (χ0v) is 19.9. The van der Waals surface area contributed by atoms with Gasteiger partial charge in [-0.15, -0.1) is 0 Å². The SMILES string of the molecule is CCCCC(CC)C(=O)N(CC(=O)N(Cc1ccc(F)cc1)Cc1ccco1)CC(C)C. The van der Waals surface area contributed by atoms with Crippen molar-refractivity contribution in [2.24, 2.45) is 11.8 Å². The minimum Gasteiger partial charge on any atom is -0.467 e. The van der Waals surface area contributed by atoms with Crippen molar-refractivity contribution in [3.8, 4) is 0 Å². The lowest BCUT2D eigenvalue weighted by Crippen LogP contribution is -2.46. The molecule has 176 valence electrons. The molecular weight excluding hydrogens is 407 g/mol. The van der Waals surface area contributed by atoms with Crippen molar-refractivity contribution in [2.75, 3.05) is 13.1 Å². The van der Waals surface area contributed by atoms with E-state index < -0.39 is 0 Å². The minimum atomic E-state index is -0.316. The van der Waals surface area contributed by atoms with Crippen LogP contribution in [0.2, 0.25) is 0 Å². The highest BCUT2D eigenvalue weighted by molar-refractivity contribution is 5.86. The van der Waals surface area contributed by atoms with E-state index in [4.69, 9.17) is 4.42 Å². The fourth-order valence-electron chi connectivity index (χ4n) is 3.78. The fraction of sp³-hybridized carbons (Fsp3) is 0.538. The monoisotopic (exact) mass is 444 g/mol. The second kappa shape index (κ2) is 13.0. The molecule has 0 saturated carbocycles. The van der Waals surface area contributed by atoms with E-state index in [1.165, 1.54) is 12.1 Å². The molecule has 6 heteroatoms. The zero-order chi connectivity index (χ0) is 23.5. The molecule has 0 N–H and O–H groups in total. The van der Waals surface area contributed by atoms with Gasteiger partial charge in [-0.2, -0.15) is 0 Å². The maximum absolute atomic E-state index is 13.4. The van der Waals surface area contributed by atoms with Crippen LogP contribution in [0.25, 0.3) is 0 Å². The molecule has 1 unspecified atom stereocenters. The molecular formula is C26H37FN2O3. The maximum Gasteiger partial charge on any atom is 0.242 e. The second-order valence-corrected chi connectivity index (χ2v) is 8.82. The molecule has 0 aliphatic rings. The summed E-state index contributed by atoms with van der Waals surface area (Å²) in [4.78, 5) is 30.0. The van der Waals surface area contributed by atoms with Crippen molar-refractivity contribution in [3.05, 3.63) is 59.8 Å². The number of hydrogen-bond donors (Lipinski definition) is 0. The van der Waals surface area contributed by atoms with Crippen molar-refractivity contribution in [1.82, 2.24) is 9.80 Å². The molecule has 0 bridgehead atoms. The normalized spacial score (nSPS) is 12.1. The molecule has 2 amide bonds. The number of furan rings is 1. The van der Waals surface area contributed by atoms with E-state index >= 15 is 0 Å². The van der Waals surface area contributed by atoms with Gasteiger partial charge in [-0.1, -0.05) is 52.7 Å². The summed E-state index contributed by atoms with van der Waals surface area (Å²) < 4.78 is 18.8. The molecule has 0 spiro atoms. The topological polar surface area (TPSA) is 53.8 Å². The summed E-state index contributed by atoms with van der Waals surface area (Å²) in [6.07, 6.45) is 5.24. The highest BCUT2D eigenvalue weighted by atomic mass is 19.1. The minimum absolute atomic E-state index is 0.0293. The van der Waals surface area contributed by atoms with Crippen LogP contribution in [0, 0.1) is 17.7 Å². The predicted octanol–water partition coefficient (Wildman–Crippen LogP) is 5.65. The Morgan fingerprint density at radius 1 is 1.03 bits per heavy atom. The van der Waals surface area contributed by atoms with Crippen LogP contribution < -0.4 is 0 Å². The van der Waals surface area contributed by atoms with Crippen LogP contribution in [0.4, 0.5) is 4.39 Å².